The molecule has 1 aliphatic carbocycles. The van der Waals surface area contributed by atoms with Crippen LogP contribution in [0.25, 0.3) is 11.3 Å². The maximum atomic E-state index is 14.4. The van der Waals surface area contributed by atoms with E-state index in [1.54, 1.807) is 27.3 Å². The van der Waals surface area contributed by atoms with Crippen molar-refractivity contribution in [1.29, 1.82) is 0 Å². The summed E-state index contributed by atoms with van der Waals surface area (Å²) in [5.41, 5.74) is 2.55. The number of nitrogens with zero attached hydrogens (tertiary/aromatic N) is 3. The maximum Gasteiger partial charge on any atom is 0.272 e. The molecule has 242 valence electrons. The lowest BCUT2D eigenvalue weighted by Crippen LogP contribution is -2.50. The summed E-state index contributed by atoms with van der Waals surface area (Å²) >= 11 is 0. The molecule has 2 aromatic carbocycles. The van der Waals surface area contributed by atoms with E-state index in [9.17, 15) is 14.4 Å². The second-order valence-electron chi connectivity index (χ2n) is 12.3. The minimum absolute atomic E-state index is 0.00832. The Kier molecular flexibility index (Phi) is 12.0. The summed E-state index contributed by atoms with van der Waals surface area (Å²) in [7, 11) is 4.90. The Morgan fingerprint density at radius 2 is 1.71 bits per heavy atom. The van der Waals surface area contributed by atoms with E-state index in [1.807, 2.05) is 53.4 Å². The topological polar surface area (TPSA) is 117 Å². The molecule has 0 bridgehead atoms. The molecule has 45 heavy (non-hydrogen) atoms. The van der Waals surface area contributed by atoms with Gasteiger partial charge in [-0.3, -0.25) is 19.5 Å². The maximum absolute atomic E-state index is 14.4. The smallest absolute Gasteiger partial charge is 0.272 e. The van der Waals surface area contributed by atoms with Gasteiger partial charge in [0, 0.05) is 32.6 Å². The van der Waals surface area contributed by atoms with E-state index in [0.717, 1.165) is 37.7 Å². The highest BCUT2D eigenvalue weighted by molar-refractivity contribution is 5.95. The van der Waals surface area contributed by atoms with E-state index in [0.29, 0.717) is 41.5 Å². The third-order valence-corrected chi connectivity index (χ3v) is 8.21. The number of methoxy groups -OCH3 is 1. The molecular formula is C35H47N5O5. The Hall–Kier alpha value is -4.34. The second-order valence-corrected chi connectivity index (χ2v) is 12.3. The van der Waals surface area contributed by atoms with Gasteiger partial charge in [0.1, 0.15) is 29.5 Å². The lowest BCUT2D eigenvalue weighted by atomic mass is 9.90. The molecule has 1 heterocycles. The van der Waals surface area contributed by atoms with Crippen molar-refractivity contribution in [2.45, 2.75) is 77.5 Å². The van der Waals surface area contributed by atoms with Gasteiger partial charge in [0.25, 0.3) is 5.91 Å². The number of H-pyrrole nitrogens is 1. The van der Waals surface area contributed by atoms with Gasteiger partial charge in [0.15, 0.2) is 0 Å². The molecule has 10 nitrogen and oxygen atoms in total. The van der Waals surface area contributed by atoms with Crippen LogP contribution in [0.15, 0.2) is 54.6 Å². The van der Waals surface area contributed by atoms with E-state index in [2.05, 4.69) is 29.4 Å². The third-order valence-electron chi connectivity index (χ3n) is 8.21. The fourth-order valence-corrected chi connectivity index (χ4v) is 5.93. The highest BCUT2D eigenvalue weighted by Crippen LogP contribution is 2.38. The lowest BCUT2D eigenvalue weighted by molar-refractivity contribution is -0.131. The highest BCUT2D eigenvalue weighted by atomic mass is 16.5. The number of ether oxygens (including phenoxy) is 2. The van der Waals surface area contributed by atoms with Crippen LogP contribution in [-0.4, -0.2) is 77.6 Å². The minimum Gasteiger partial charge on any atom is -0.496 e. The zero-order valence-corrected chi connectivity index (χ0v) is 27.2. The monoisotopic (exact) mass is 617 g/mol. The molecule has 3 aromatic rings. The van der Waals surface area contributed by atoms with E-state index in [-0.39, 0.29) is 48.7 Å². The minimum atomic E-state index is -0.335. The number of carbonyl (C=O) groups is 3. The summed E-state index contributed by atoms with van der Waals surface area (Å²) in [5, 5.41) is 10.3. The van der Waals surface area contributed by atoms with Gasteiger partial charge >= 0.3 is 0 Å². The molecule has 0 unspecified atom stereocenters. The number of hydrogen-bond donors (Lipinski definition) is 2. The molecule has 1 saturated carbocycles. The highest BCUT2D eigenvalue weighted by Gasteiger charge is 2.35. The first-order valence-electron chi connectivity index (χ1n) is 15.9. The normalized spacial score (nSPS) is 14.1. The number of likely N-dealkylation sites (N-methyl/N-ethyl adjacent to an activating group) is 1. The van der Waals surface area contributed by atoms with Gasteiger partial charge in [-0.2, -0.15) is 5.10 Å². The van der Waals surface area contributed by atoms with Crippen LogP contribution in [0, 0.1) is 5.92 Å². The van der Waals surface area contributed by atoms with Gasteiger partial charge in [-0.1, -0.05) is 69.5 Å². The molecule has 0 aliphatic heterocycles. The first kappa shape index (κ1) is 33.6. The Bertz CT molecular complexity index is 1410. The SMILES string of the molecule is COc1cccc(OCc2ccccc2)c1-c1cc(C(=O)N(C2CCCCC2)[C@H](CC(=O)NCC(=O)N(C)C)CC(C)C)[nH]n1. The molecule has 1 atom stereocenters. The molecule has 3 amide bonds. The van der Waals surface area contributed by atoms with Crippen molar-refractivity contribution >= 4 is 17.7 Å². The molecule has 1 aromatic heterocycles. The van der Waals surface area contributed by atoms with E-state index in [4.69, 9.17) is 9.47 Å². The average molecular weight is 618 g/mol. The number of rotatable bonds is 14. The van der Waals surface area contributed by atoms with E-state index in [1.165, 1.54) is 4.90 Å². The first-order valence-corrected chi connectivity index (χ1v) is 15.9. The van der Waals surface area contributed by atoms with Crippen LogP contribution in [0.4, 0.5) is 0 Å². The molecule has 10 heteroatoms. The Balaban J connectivity index is 1.63. The summed E-state index contributed by atoms with van der Waals surface area (Å²) in [6.45, 7) is 4.48. The number of nitrogens with one attached hydrogen (secondary N) is 2. The van der Waals surface area contributed by atoms with Crippen molar-refractivity contribution in [3.05, 3.63) is 65.9 Å². The molecular weight excluding hydrogens is 570 g/mol. The van der Waals surface area contributed by atoms with Crippen LogP contribution in [0.1, 0.15) is 74.8 Å². The third kappa shape index (κ3) is 9.09. The van der Waals surface area contributed by atoms with E-state index < -0.39 is 0 Å². The summed E-state index contributed by atoms with van der Waals surface area (Å²) in [5.74, 6) is 0.804. The van der Waals surface area contributed by atoms with Crippen molar-refractivity contribution in [3.63, 3.8) is 0 Å². The second kappa shape index (κ2) is 16.1. The van der Waals surface area contributed by atoms with Crippen LogP contribution in [0.2, 0.25) is 0 Å². The van der Waals surface area contributed by atoms with Crippen molar-refractivity contribution < 1.29 is 23.9 Å². The Morgan fingerprint density at radius 1 is 1.00 bits per heavy atom. The molecule has 1 aliphatic rings. The molecule has 0 radical (unpaired) electrons. The fraction of sp³-hybridized carbons (Fsp3) is 0.486. The molecule has 0 saturated heterocycles. The van der Waals surface area contributed by atoms with Crippen LogP contribution in [-0.2, 0) is 16.2 Å². The van der Waals surface area contributed by atoms with Gasteiger partial charge in [-0.05, 0) is 48.9 Å². The van der Waals surface area contributed by atoms with Gasteiger partial charge < -0.3 is 24.6 Å². The van der Waals surface area contributed by atoms with Crippen LogP contribution < -0.4 is 14.8 Å². The Labute approximate surface area is 266 Å². The van der Waals surface area contributed by atoms with Crippen molar-refractivity contribution in [2.75, 3.05) is 27.7 Å². The van der Waals surface area contributed by atoms with Crippen LogP contribution in [0.5, 0.6) is 11.5 Å². The predicted molar refractivity (Wildman–Crippen MR) is 174 cm³/mol. The van der Waals surface area contributed by atoms with Gasteiger partial charge in [-0.15, -0.1) is 0 Å². The number of hydrogen-bond acceptors (Lipinski definition) is 6. The standard InChI is InChI=1S/C35H47N5O5/c1-24(2)19-27(20-32(41)36-22-33(42)39(3)4)40(26-15-10-7-11-16-26)35(43)29-21-28(37-38-29)34-30(44-5)17-12-18-31(34)45-23-25-13-8-6-9-14-25/h6,8-9,12-14,17-18,21,24,26-27H,7,10-11,15-16,19-20,22-23H2,1-5H3,(H,36,41)(H,37,38)/t27-/m0/s1. The van der Waals surface area contributed by atoms with Gasteiger partial charge in [0.05, 0.1) is 19.2 Å². The molecule has 0 spiro atoms. The molecule has 2 N–H and O–H groups in total. The van der Waals surface area contributed by atoms with Crippen molar-refractivity contribution in [3.8, 4) is 22.8 Å². The summed E-state index contributed by atoms with van der Waals surface area (Å²) in [4.78, 5) is 43.0. The summed E-state index contributed by atoms with van der Waals surface area (Å²) in [6.07, 6.45) is 5.73. The zero-order chi connectivity index (χ0) is 32.3. The summed E-state index contributed by atoms with van der Waals surface area (Å²) in [6, 6.07) is 16.9. The zero-order valence-electron chi connectivity index (χ0n) is 27.2. The molecule has 1 fully saturated rings. The first-order chi connectivity index (χ1) is 21.7. The number of aromatic amines is 1. The lowest BCUT2D eigenvalue weighted by Gasteiger charge is -2.40. The number of amides is 3. The Morgan fingerprint density at radius 3 is 2.38 bits per heavy atom. The van der Waals surface area contributed by atoms with Crippen molar-refractivity contribution in [1.82, 2.24) is 25.3 Å². The number of aromatic nitrogens is 2. The number of carbonyl (C=O) groups excluding carboxylic acids is 3. The van der Waals surface area contributed by atoms with E-state index >= 15 is 0 Å². The van der Waals surface area contributed by atoms with Gasteiger partial charge in [0.2, 0.25) is 11.8 Å². The summed E-state index contributed by atoms with van der Waals surface area (Å²) < 4.78 is 11.9. The molecule has 4 rings (SSSR count). The largest absolute Gasteiger partial charge is 0.496 e. The van der Waals surface area contributed by atoms with Gasteiger partial charge in [-0.25, -0.2) is 0 Å². The van der Waals surface area contributed by atoms with Crippen LogP contribution >= 0.6 is 0 Å². The van der Waals surface area contributed by atoms with Crippen LogP contribution in [0.3, 0.4) is 0 Å². The fourth-order valence-electron chi connectivity index (χ4n) is 5.93. The predicted octanol–water partition coefficient (Wildman–Crippen LogP) is 5.45. The average Bonchev–Trinajstić information content (AvgIpc) is 3.53. The number of benzene rings is 2. The van der Waals surface area contributed by atoms with Crippen molar-refractivity contribution in [2.24, 2.45) is 5.92 Å². The quantitative estimate of drug-likeness (QED) is 0.249.